The van der Waals surface area contributed by atoms with Gasteiger partial charge in [-0.15, -0.1) is 0 Å². The van der Waals surface area contributed by atoms with Crippen LogP contribution < -0.4 is 5.32 Å². The first-order valence-corrected chi connectivity index (χ1v) is 10.2. The smallest absolute Gasteiger partial charge is 0.243 e. The molecule has 0 saturated carbocycles. The van der Waals surface area contributed by atoms with E-state index in [1.165, 1.54) is 0 Å². The van der Waals surface area contributed by atoms with Crippen LogP contribution in [0.3, 0.4) is 0 Å². The van der Waals surface area contributed by atoms with Crippen molar-refractivity contribution in [2.75, 3.05) is 38.5 Å². The normalized spacial score (nSPS) is 16.6. The summed E-state index contributed by atoms with van der Waals surface area (Å²) >= 11 is 5.92. The molecule has 1 N–H and O–H groups in total. The van der Waals surface area contributed by atoms with Crippen LogP contribution in [0.15, 0.2) is 35.2 Å². The van der Waals surface area contributed by atoms with Gasteiger partial charge in [-0.05, 0) is 31.7 Å². The van der Waals surface area contributed by atoms with E-state index in [1.807, 2.05) is 19.2 Å². The minimum atomic E-state index is -3.43. The lowest BCUT2D eigenvalue weighted by molar-refractivity contribution is 0.222. The molecule has 1 aliphatic rings. The molecule has 2 heterocycles. The van der Waals surface area contributed by atoms with Crippen molar-refractivity contribution in [1.82, 2.24) is 19.2 Å². The SMILES string of the molecule is Cc1nc(Cl)cc(NCc2ccc(S(=O)(=O)N3CCN(C)CC3)cc2)n1. The van der Waals surface area contributed by atoms with Gasteiger partial charge in [0.2, 0.25) is 10.0 Å². The standard InChI is InChI=1S/C17H22ClN5O2S/c1-13-20-16(18)11-17(21-13)19-12-14-3-5-15(6-4-14)26(24,25)23-9-7-22(2)8-10-23/h3-6,11H,7-10,12H2,1-2H3,(H,19,20,21). The van der Waals surface area contributed by atoms with Gasteiger partial charge in [0.1, 0.15) is 16.8 Å². The molecule has 1 aromatic carbocycles. The summed E-state index contributed by atoms with van der Waals surface area (Å²) in [7, 11) is -1.43. The van der Waals surface area contributed by atoms with Gasteiger partial charge in [-0.3, -0.25) is 0 Å². The maximum absolute atomic E-state index is 12.7. The zero-order valence-corrected chi connectivity index (χ0v) is 16.4. The van der Waals surface area contributed by atoms with Crippen molar-refractivity contribution in [2.24, 2.45) is 0 Å². The summed E-state index contributed by atoms with van der Waals surface area (Å²) in [5.41, 5.74) is 0.953. The second kappa shape index (κ2) is 7.87. The quantitative estimate of drug-likeness (QED) is 0.780. The summed E-state index contributed by atoms with van der Waals surface area (Å²) in [6.07, 6.45) is 0. The summed E-state index contributed by atoms with van der Waals surface area (Å²) < 4.78 is 27.0. The van der Waals surface area contributed by atoms with Crippen LogP contribution in [0.2, 0.25) is 5.15 Å². The molecule has 9 heteroatoms. The van der Waals surface area contributed by atoms with Crippen molar-refractivity contribution in [2.45, 2.75) is 18.4 Å². The predicted molar refractivity (Wildman–Crippen MR) is 102 cm³/mol. The Labute approximate surface area is 159 Å². The molecule has 140 valence electrons. The Kier molecular flexibility index (Phi) is 5.76. The predicted octanol–water partition coefficient (Wildman–Crippen LogP) is 1.99. The first-order chi connectivity index (χ1) is 12.3. The number of halogens is 1. The summed E-state index contributed by atoms with van der Waals surface area (Å²) in [4.78, 5) is 10.7. The average Bonchev–Trinajstić information content (AvgIpc) is 2.60. The van der Waals surface area contributed by atoms with Crippen LogP contribution in [0.4, 0.5) is 5.82 Å². The number of hydrogen-bond donors (Lipinski definition) is 1. The van der Waals surface area contributed by atoms with Gasteiger partial charge in [-0.25, -0.2) is 18.4 Å². The topological polar surface area (TPSA) is 78.4 Å². The third-order valence-corrected chi connectivity index (χ3v) is 6.41. The van der Waals surface area contributed by atoms with E-state index in [4.69, 9.17) is 11.6 Å². The number of anilines is 1. The van der Waals surface area contributed by atoms with Gasteiger partial charge in [0, 0.05) is 38.8 Å². The Morgan fingerprint density at radius 2 is 1.77 bits per heavy atom. The van der Waals surface area contributed by atoms with E-state index in [9.17, 15) is 8.42 Å². The Balaban J connectivity index is 1.66. The highest BCUT2D eigenvalue weighted by Crippen LogP contribution is 2.19. The molecule has 0 aliphatic carbocycles. The molecule has 1 saturated heterocycles. The number of nitrogens with zero attached hydrogens (tertiary/aromatic N) is 4. The molecule has 1 aromatic heterocycles. The van der Waals surface area contributed by atoms with Gasteiger partial charge in [-0.2, -0.15) is 4.31 Å². The second-order valence-corrected chi connectivity index (χ2v) is 8.65. The van der Waals surface area contributed by atoms with Crippen molar-refractivity contribution >= 4 is 27.4 Å². The zero-order valence-electron chi connectivity index (χ0n) is 14.8. The molecule has 0 bridgehead atoms. The molecule has 1 fully saturated rings. The minimum Gasteiger partial charge on any atom is -0.366 e. The van der Waals surface area contributed by atoms with Crippen molar-refractivity contribution in [3.05, 3.63) is 46.9 Å². The van der Waals surface area contributed by atoms with E-state index in [2.05, 4.69) is 20.2 Å². The van der Waals surface area contributed by atoms with E-state index in [0.717, 1.165) is 18.7 Å². The minimum absolute atomic E-state index is 0.326. The fourth-order valence-corrected chi connectivity index (χ4v) is 4.42. The Bertz CT molecular complexity index is 845. The molecule has 0 radical (unpaired) electrons. The lowest BCUT2D eigenvalue weighted by atomic mass is 10.2. The van der Waals surface area contributed by atoms with Crippen molar-refractivity contribution in [1.29, 1.82) is 0 Å². The van der Waals surface area contributed by atoms with Gasteiger partial charge in [0.25, 0.3) is 0 Å². The molecule has 0 amide bonds. The third-order valence-electron chi connectivity index (χ3n) is 4.30. The molecule has 0 spiro atoms. The third kappa shape index (κ3) is 4.50. The van der Waals surface area contributed by atoms with Crippen molar-refractivity contribution in [3.8, 4) is 0 Å². The van der Waals surface area contributed by atoms with Gasteiger partial charge < -0.3 is 10.2 Å². The number of piperazine rings is 1. The largest absolute Gasteiger partial charge is 0.366 e. The lowest BCUT2D eigenvalue weighted by Crippen LogP contribution is -2.46. The maximum atomic E-state index is 12.7. The number of nitrogens with one attached hydrogen (secondary N) is 1. The highest BCUT2D eigenvalue weighted by Gasteiger charge is 2.27. The van der Waals surface area contributed by atoms with Gasteiger partial charge in [0.05, 0.1) is 4.90 Å². The molecule has 26 heavy (non-hydrogen) atoms. The van der Waals surface area contributed by atoms with Crippen LogP contribution in [-0.2, 0) is 16.6 Å². The van der Waals surface area contributed by atoms with Crippen LogP contribution >= 0.6 is 11.6 Å². The molecule has 1 aliphatic heterocycles. The number of aryl methyl sites for hydroxylation is 1. The molecular formula is C17H22ClN5O2S. The lowest BCUT2D eigenvalue weighted by Gasteiger charge is -2.31. The number of rotatable bonds is 5. The highest BCUT2D eigenvalue weighted by atomic mass is 35.5. The molecule has 2 aromatic rings. The van der Waals surface area contributed by atoms with Gasteiger partial charge in [-0.1, -0.05) is 23.7 Å². The van der Waals surface area contributed by atoms with Gasteiger partial charge >= 0.3 is 0 Å². The summed E-state index contributed by atoms with van der Waals surface area (Å²) in [5, 5.41) is 3.55. The van der Waals surface area contributed by atoms with Crippen LogP contribution in [-0.4, -0.2) is 60.8 Å². The van der Waals surface area contributed by atoms with E-state index >= 15 is 0 Å². The first kappa shape index (κ1) is 19.0. The number of sulfonamides is 1. The highest BCUT2D eigenvalue weighted by molar-refractivity contribution is 7.89. The Morgan fingerprint density at radius 1 is 1.12 bits per heavy atom. The average molecular weight is 396 g/mol. The van der Waals surface area contributed by atoms with Crippen molar-refractivity contribution < 1.29 is 8.42 Å². The second-order valence-electron chi connectivity index (χ2n) is 6.33. The fraction of sp³-hybridized carbons (Fsp3) is 0.412. The summed E-state index contributed by atoms with van der Waals surface area (Å²) in [6.45, 7) is 4.84. The van der Waals surface area contributed by atoms with E-state index < -0.39 is 10.0 Å². The van der Waals surface area contributed by atoms with Gasteiger partial charge in [0.15, 0.2) is 0 Å². The van der Waals surface area contributed by atoms with E-state index in [-0.39, 0.29) is 0 Å². The Hall–Kier alpha value is -1.74. The summed E-state index contributed by atoms with van der Waals surface area (Å²) in [5.74, 6) is 1.23. The Morgan fingerprint density at radius 3 is 2.38 bits per heavy atom. The molecule has 0 atom stereocenters. The molecule has 0 unspecified atom stereocenters. The number of likely N-dealkylation sites (N-methyl/N-ethyl adjacent to an activating group) is 1. The maximum Gasteiger partial charge on any atom is 0.243 e. The molecule has 7 nitrogen and oxygen atoms in total. The number of hydrogen-bond acceptors (Lipinski definition) is 6. The number of aromatic nitrogens is 2. The van der Waals surface area contributed by atoms with Crippen LogP contribution in [0.5, 0.6) is 0 Å². The van der Waals surface area contributed by atoms with E-state index in [0.29, 0.717) is 41.3 Å². The monoisotopic (exact) mass is 395 g/mol. The van der Waals surface area contributed by atoms with E-state index in [1.54, 1.807) is 29.4 Å². The first-order valence-electron chi connectivity index (χ1n) is 8.37. The number of benzene rings is 1. The zero-order chi connectivity index (χ0) is 18.7. The fourth-order valence-electron chi connectivity index (χ4n) is 2.77. The molecular weight excluding hydrogens is 374 g/mol. The van der Waals surface area contributed by atoms with Crippen LogP contribution in [0.25, 0.3) is 0 Å². The van der Waals surface area contributed by atoms with Crippen molar-refractivity contribution in [3.63, 3.8) is 0 Å². The van der Waals surface area contributed by atoms with Crippen LogP contribution in [0.1, 0.15) is 11.4 Å². The summed E-state index contributed by atoms with van der Waals surface area (Å²) in [6, 6.07) is 8.59. The van der Waals surface area contributed by atoms with Crippen LogP contribution in [0, 0.1) is 6.92 Å². The molecule has 3 rings (SSSR count).